The van der Waals surface area contributed by atoms with Crippen LogP contribution in [0.2, 0.25) is 0 Å². The highest BCUT2D eigenvalue weighted by Crippen LogP contribution is 2.30. The molecule has 3 aromatic heterocycles. The Hall–Kier alpha value is -2.94. The van der Waals surface area contributed by atoms with E-state index in [4.69, 9.17) is 14.0 Å². The molecule has 2 saturated heterocycles. The Balaban J connectivity index is 1.35. The second-order valence-electron chi connectivity index (χ2n) is 7.25. The van der Waals surface area contributed by atoms with E-state index in [1.54, 1.807) is 4.90 Å². The third-order valence-electron chi connectivity index (χ3n) is 5.54. The third-order valence-corrected chi connectivity index (χ3v) is 5.54. The molecule has 0 aromatic carbocycles. The summed E-state index contributed by atoms with van der Waals surface area (Å²) < 4.78 is 17.7. The van der Waals surface area contributed by atoms with Gasteiger partial charge < -0.3 is 23.3 Å². The molecule has 2 fully saturated rings. The highest BCUT2D eigenvalue weighted by Gasteiger charge is 2.28. The summed E-state index contributed by atoms with van der Waals surface area (Å²) in [5.74, 6) is 2.68. The first kappa shape index (κ1) is 17.2. The molecule has 0 bridgehead atoms. The zero-order valence-electron chi connectivity index (χ0n) is 15.6. The Morgan fingerprint density at radius 1 is 1.21 bits per heavy atom. The van der Waals surface area contributed by atoms with E-state index in [1.165, 1.54) is 7.11 Å². The lowest BCUT2D eigenvalue weighted by Gasteiger charge is -2.28. The second-order valence-corrected chi connectivity index (χ2v) is 7.25. The van der Waals surface area contributed by atoms with Gasteiger partial charge in [-0.2, -0.15) is 4.98 Å². The van der Waals surface area contributed by atoms with Crippen molar-refractivity contribution < 1.29 is 18.8 Å². The van der Waals surface area contributed by atoms with Gasteiger partial charge in [0.2, 0.25) is 11.7 Å². The van der Waals surface area contributed by atoms with E-state index in [1.807, 2.05) is 24.5 Å². The van der Waals surface area contributed by atoms with E-state index < -0.39 is 0 Å². The standard InChI is InChI=1S/C19H21N5O4/c1-26-19(25)23-6-4-12(5-7-23)18-21-16(22-28-18)13-2-3-15-8-20-17(24(15)9-13)14-10-27-11-14/h2-3,8-9,12,14H,4-7,10-11H2,1H3. The number of amides is 1. The van der Waals surface area contributed by atoms with Crippen molar-refractivity contribution >= 4 is 11.6 Å². The third kappa shape index (κ3) is 2.91. The van der Waals surface area contributed by atoms with Gasteiger partial charge in [0, 0.05) is 30.8 Å². The molecule has 3 aromatic rings. The predicted molar refractivity (Wildman–Crippen MR) is 98.0 cm³/mol. The van der Waals surface area contributed by atoms with Gasteiger partial charge in [-0.05, 0) is 25.0 Å². The number of pyridine rings is 1. The summed E-state index contributed by atoms with van der Waals surface area (Å²) in [6, 6.07) is 3.99. The van der Waals surface area contributed by atoms with Gasteiger partial charge in [-0.15, -0.1) is 0 Å². The molecule has 0 N–H and O–H groups in total. The van der Waals surface area contributed by atoms with E-state index in [0.29, 0.717) is 43.9 Å². The number of hydrogen-bond acceptors (Lipinski definition) is 7. The summed E-state index contributed by atoms with van der Waals surface area (Å²) in [5, 5.41) is 4.18. The van der Waals surface area contributed by atoms with E-state index >= 15 is 0 Å². The Bertz CT molecular complexity index is 1000. The van der Waals surface area contributed by atoms with Crippen molar-refractivity contribution in [3.63, 3.8) is 0 Å². The van der Waals surface area contributed by atoms with Gasteiger partial charge in [0.1, 0.15) is 5.82 Å². The van der Waals surface area contributed by atoms with Gasteiger partial charge in [-0.25, -0.2) is 9.78 Å². The number of carbonyl (C=O) groups is 1. The average Bonchev–Trinajstić information content (AvgIpc) is 3.34. The normalized spacial score (nSPS) is 18.4. The second kappa shape index (κ2) is 6.90. The van der Waals surface area contributed by atoms with Crippen LogP contribution in [0.4, 0.5) is 4.79 Å². The van der Waals surface area contributed by atoms with Crippen LogP contribution in [-0.4, -0.2) is 63.9 Å². The van der Waals surface area contributed by atoms with Crippen LogP contribution in [0.5, 0.6) is 0 Å². The zero-order chi connectivity index (χ0) is 19.1. The molecule has 2 aliphatic heterocycles. The monoisotopic (exact) mass is 383 g/mol. The number of methoxy groups -OCH3 is 1. The topological polar surface area (TPSA) is 95.0 Å². The summed E-state index contributed by atoms with van der Waals surface area (Å²) >= 11 is 0. The molecular weight excluding hydrogens is 362 g/mol. The maximum absolute atomic E-state index is 11.6. The maximum atomic E-state index is 11.6. The van der Waals surface area contributed by atoms with Crippen LogP contribution in [0.15, 0.2) is 29.0 Å². The molecule has 28 heavy (non-hydrogen) atoms. The molecule has 0 radical (unpaired) electrons. The molecule has 0 unspecified atom stereocenters. The number of fused-ring (bicyclic) bond motifs is 1. The molecule has 2 aliphatic rings. The minimum atomic E-state index is -0.286. The molecule has 9 heteroatoms. The number of rotatable bonds is 3. The van der Waals surface area contributed by atoms with Gasteiger partial charge in [0.15, 0.2) is 0 Å². The fourth-order valence-electron chi connectivity index (χ4n) is 3.79. The highest BCUT2D eigenvalue weighted by atomic mass is 16.5. The first-order chi connectivity index (χ1) is 13.7. The van der Waals surface area contributed by atoms with Gasteiger partial charge >= 0.3 is 6.09 Å². The van der Waals surface area contributed by atoms with Crippen molar-refractivity contribution in [2.75, 3.05) is 33.4 Å². The molecule has 146 valence electrons. The number of nitrogens with zero attached hydrogens (tertiary/aromatic N) is 5. The van der Waals surface area contributed by atoms with Crippen molar-refractivity contribution in [2.24, 2.45) is 0 Å². The average molecular weight is 383 g/mol. The van der Waals surface area contributed by atoms with E-state index in [9.17, 15) is 4.79 Å². The molecule has 1 amide bonds. The summed E-state index contributed by atoms with van der Waals surface area (Å²) in [5.41, 5.74) is 1.92. The molecule has 0 spiro atoms. The van der Waals surface area contributed by atoms with Crippen LogP contribution in [0.3, 0.4) is 0 Å². The minimum absolute atomic E-state index is 0.154. The summed E-state index contributed by atoms with van der Waals surface area (Å²) in [6.07, 6.45) is 5.15. The lowest BCUT2D eigenvalue weighted by molar-refractivity contribution is 0.00466. The lowest BCUT2D eigenvalue weighted by atomic mass is 9.97. The van der Waals surface area contributed by atoms with Crippen LogP contribution in [0.25, 0.3) is 16.9 Å². The smallest absolute Gasteiger partial charge is 0.409 e. The molecule has 9 nitrogen and oxygen atoms in total. The van der Waals surface area contributed by atoms with Crippen molar-refractivity contribution in [1.82, 2.24) is 24.4 Å². The highest BCUT2D eigenvalue weighted by molar-refractivity contribution is 5.67. The Morgan fingerprint density at radius 2 is 2.04 bits per heavy atom. The summed E-state index contributed by atoms with van der Waals surface area (Å²) in [4.78, 5) is 22.5. The van der Waals surface area contributed by atoms with Crippen LogP contribution < -0.4 is 0 Å². The number of aromatic nitrogens is 4. The maximum Gasteiger partial charge on any atom is 0.409 e. The van der Waals surface area contributed by atoms with Crippen LogP contribution in [0, 0.1) is 0 Å². The minimum Gasteiger partial charge on any atom is -0.453 e. The Morgan fingerprint density at radius 3 is 2.75 bits per heavy atom. The fourth-order valence-corrected chi connectivity index (χ4v) is 3.79. The Kier molecular flexibility index (Phi) is 4.23. The first-order valence-electron chi connectivity index (χ1n) is 9.44. The summed E-state index contributed by atoms with van der Waals surface area (Å²) in [6.45, 7) is 2.67. The van der Waals surface area contributed by atoms with E-state index in [2.05, 4.69) is 19.5 Å². The van der Waals surface area contributed by atoms with E-state index in [0.717, 1.165) is 29.7 Å². The van der Waals surface area contributed by atoms with Crippen LogP contribution in [0.1, 0.15) is 36.4 Å². The van der Waals surface area contributed by atoms with Crippen molar-refractivity contribution in [3.05, 3.63) is 36.2 Å². The number of ether oxygens (including phenoxy) is 2. The Labute approximate surface area is 161 Å². The van der Waals surface area contributed by atoms with Crippen molar-refractivity contribution in [2.45, 2.75) is 24.7 Å². The molecular formula is C19H21N5O4. The molecule has 0 atom stereocenters. The van der Waals surface area contributed by atoms with Gasteiger partial charge in [-0.1, -0.05) is 5.16 Å². The van der Waals surface area contributed by atoms with E-state index in [-0.39, 0.29) is 12.0 Å². The number of carbonyl (C=O) groups excluding carboxylic acids is 1. The van der Waals surface area contributed by atoms with Gasteiger partial charge in [0.05, 0.1) is 38.0 Å². The predicted octanol–water partition coefficient (Wildman–Crippen LogP) is 2.44. The number of likely N-dealkylation sites (tertiary alicyclic amines) is 1. The molecule has 5 rings (SSSR count). The SMILES string of the molecule is COC(=O)N1CCC(c2nc(-c3ccc4cnc(C5COC5)n4c3)no2)CC1. The first-order valence-corrected chi connectivity index (χ1v) is 9.44. The number of hydrogen-bond donors (Lipinski definition) is 0. The largest absolute Gasteiger partial charge is 0.453 e. The lowest BCUT2D eigenvalue weighted by Crippen LogP contribution is -2.37. The number of imidazole rings is 1. The van der Waals surface area contributed by atoms with Gasteiger partial charge in [0.25, 0.3) is 0 Å². The number of piperidine rings is 1. The van der Waals surface area contributed by atoms with Gasteiger partial charge in [-0.3, -0.25) is 0 Å². The zero-order valence-corrected chi connectivity index (χ0v) is 15.6. The van der Waals surface area contributed by atoms with Crippen LogP contribution in [-0.2, 0) is 9.47 Å². The molecule has 0 aliphatic carbocycles. The summed E-state index contributed by atoms with van der Waals surface area (Å²) in [7, 11) is 1.40. The molecule has 0 saturated carbocycles. The fraction of sp³-hybridized carbons (Fsp3) is 0.474. The van der Waals surface area contributed by atoms with Crippen molar-refractivity contribution in [1.29, 1.82) is 0 Å². The molecule has 5 heterocycles. The van der Waals surface area contributed by atoms with Crippen molar-refractivity contribution in [3.8, 4) is 11.4 Å². The van der Waals surface area contributed by atoms with Crippen LogP contribution >= 0.6 is 0 Å². The quantitative estimate of drug-likeness (QED) is 0.685.